The van der Waals surface area contributed by atoms with Gasteiger partial charge in [-0.25, -0.2) is 4.79 Å². The van der Waals surface area contributed by atoms with Gasteiger partial charge in [-0.05, 0) is 19.1 Å². The molecule has 1 aromatic carbocycles. The summed E-state index contributed by atoms with van der Waals surface area (Å²) in [6, 6.07) is 6.50. The minimum atomic E-state index is -1.04. The van der Waals surface area contributed by atoms with Crippen LogP contribution < -0.4 is 9.47 Å². The molecule has 0 bridgehead atoms. The lowest BCUT2D eigenvalue weighted by Gasteiger charge is -2.09. The average Bonchev–Trinajstić information content (AvgIpc) is 2.46. The monoisotopic (exact) mass is 274 g/mol. The van der Waals surface area contributed by atoms with Crippen LogP contribution in [0.1, 0.15) is 15.9 Å². The van der Waals surface area contributed by atoms with Crippen molar-refractivity contribution in [2.75, 3.05) is 14.2 Å². The fourth-order valence-corrected chi connectivity index (χ4v) is 1.76. The van der Waals surface area contributed by atoms with Gasteiger partial charge in [-0.2, -0.15) is 9.97 Å². The maximum absolute atomic E-state index is 11.3. The Kier molecular flexibility index (Phi) is 3.84. The van der Waals surface area contributed by atoms with E-state index in [1.54, 1.807) is 12.1 Å². The third-order valence-corrected chi connectivity index (χ3v) is 2.74. The number of carboxylic acid groups (broad SMARTS) is 1. The molecule has 0 aliphatic rings. The molecule has 20 heavy (non-hydrogen) atoms. The van der Waals surface area contributed by atoms with Gasteiger partial charge in [0.2, 0.25) is 11.8 Å². The Balaban J connectivity index is 2.66. The summed E-state index contributed by atoms with van der Waals surface area (Å²) < 4.78 is 10.1. The van der Waals surface area contributed by atoms with Gasteiger partial charge >= 0.3 is 5.97 Å². The van der Waals surface area contributed by atoms with E-state index in [1.165, 1.54) is 26.4 Å². The van der Waals surface area contributed by atoms with E-state index in [2.05, 4.69) is 9.97 Å². The molecule has 0 radical (unpaired) electrons. The fraction of sp³-hybridized carbons (Fsp3) is 0.214. The molecule has 0 unspecified atom stereocenters. The number of carbonyl (C=O) groups is 1. The van der Waals surface area contributed by atoms with Crippen LogP contribution in [0.5, 0.6) is 11.8 Å². The second-order valence-corrected chi connectivity index (χ2v) is 4.13. The van der Waals surface area contributed by atoms with Crippen LogP contribution in [0.3, 0.4) is 0 Å². The predicted octanol–water partition coefficient (Wildman–Crippen LogP) is 2.17. The third-order valence-electron chi connectivity index (χ3n) is 2.74. The molecular formula is C14H14N2O4. The van der Waals surface area contributed by atoms with Gasteiger partial charge < -0.3 is 14.6 Å². The molecule has 0 aliphatic carbocycles. The number of carboxylic acids is 1. The first-order chi connectivity index (χ1) is 9.55. The van der Waals surface area contributed by atoms with Crippen LogP contribution in [0.2, 0.25) is 0 Å². The number of rotatable bonds is 4. The number of hydrogen-bond donors (Lipinski definition) is 1. The molecule has 0 atom stereocenters. The molecule has 2 aromatic rings. The molecule has 2 rings (SSSR count). The minimum absolute atomic E-state index is 0.130. The lowest BCUT2D eigenvalue weighted by molar-refractivity contribution is 0.0697. The van der Waals surface area contributed by atoms with E-state index in [0.717, 1.165) is 5.56 Å². The smallest absolute Gasteiger partial charge is 0.336 e. The summed E-state index contributed by atoms with van der Waals surface area (Å²) in [4.78, 5) is 19.7. The quantitative estimate of drug-likeness (QED) is 0.920. The number of benzene rings is 1. The minimum Gasteiger partial charge on any atom is -0.481 e. The number of methoxy groups -OCH3 is 2. The highest BCUT2D eigenvalue weighted by Gasteiger charge is 2.16. The third kappa shape index (κ3) is 2.69. The molecule has 104 valence electrons. The summed E-state index contributed by atoms with van der Waals surface area (Å²) in [5.74, 6) is -0.165. The first-order valence-corrected chi connectivity index (χ1v) is 5.86. The normalized spacial score (nSPS) is 10.2. The number of aromatic carboxylic acids is 1. The molecule has 0 fully saturated rings. The van der Waals surface area contributed by atoms with Crippen molar-refractivity contribution in [2.24, 2.45) is 0 Å². The van der Waals surface area contributed by atoms with Crippen LogP contribution in [0.15, 0.2) is 24.3 Å². The SMILES string of the molecule is COc1cc(OC)nc(-c2cc(C)ccc2C(=O)O)n1. The van der Waals surface area contributed by atoms with Crippen molar-refractivity contribution in [1.29, 1.82) is 0 Å². The van der Waals surface area contributed by atoms with E-state index in [0.29, 0.717) is 17.3 Å². The van der Waals surface area contributed by atoms with Gasteiger partial charge in [0.1, 0.15) is 0 Å². The first-order valence-electron chi connectivity index (χ1n) is 5.86. The lowest BCUT2D eigenvalue weighted by atomic mass is 10.0. The summed E-state index contributed by atoms with van der Waals surface area (Å²) in [6.07, 6.45) is 0. The van der Waals surface area contributed by atoms with E-state index in [4.69, 9.17) is 9.47 Å². The molecule has 0 aliphatic heterocycles. The van der Waals surface area contributed by atoms with Gasteiger partial charge in [0.25, 0.3) is 0 Å². The van der Waals surface area contributed by atoms with Crippen molar-refractivity contribution in [3.05, 3.63) is 35.4 Å². The maximum Gasteiger partial charge on any atom is 0.336 e. The Morgan fingerprint density at radius 1 is 1.10 bits per heavy atom. The van der Waals surface area contributed by atoms with Crippen molar-refractivity contribution in [3.63, 3.8) is 0 Å². The summed E-state index contributed by atoms with van der Waals surface area (Å²) in [6.45, 7) is 1.87. The zero-order valence-corrected chi connectivity index (χ0v) is 11.4. The van der Waals surface area contributed by atoms with E-state index in [1.807, 2.05) is 6.92 Å². The van der Waals surface area contributed by atoms with Crippen LogP contribution in [0, 0.1) is 6.92 Å². The Hall–Kier alpha value is -2.63. The van der Waals surface area contributed by atoms with Crippen LogP contribution in [-0.2, 0) is 0 Å². The van der Waals surface area contributed by atoms with Crippen molar-refractivity contribution in [2.45, 2.75) is 6.92 Å². The van der Waals surface area contributed by atoms with Gasteiger partial charge in [0.15, 0.2) is 5.82 Å². The highest BCUT2D eigenvalue weighted by molar-refractivity contribution is 5.95. The van der Waals surface area contributed by atoms with Crippen molar-refractivity contribution in [1.82, 2.24) is 9.97 Å². The molecule has 0 saturated heterocycles. The molecule has 1 heterocycles. The van der Waals surface area contributed by atoms with Gasteiger partial charge in [-0.15, -0.1) is 0 Å². The fourth-order valence-electron chi connectivity index (χ4n) is 1.76. The van der Waals surface area contributed by atoms with E-state index in [9.17, 15) is 9.90 Å². The van der Waals surface area contributed by atoms with E-state index < -0.39 is 5.97 Å². The zero-order valence-electron chi connectivity index (χ0n) is 11.4. The van der Waals surface area contributed by atoms with Crippen molar-refractivity contribution < 1.29 is 19.4 Å². The van der Waals surface area contributed by atoms with Crippen LogP contribution in [-0.4, -0.2) is 35.3 Å². The largest absolute Gasteiger partial charge is 0.481 e. The van der Waals surface area contributed by atoms with Gasteiger partial charge in [-0.3, -0.25) is 0 Å². The first kappa shape index (κ1) is 13.8. The second kappa shape index (κ2) is 5.56. The topological polar surface area (TPSA) is 81.5 Å². The number of hydrogen-bond acceptors (Lipinski definition) is 5. The standard InChI is InChI=1S/C14H14N2O4/c1-8-4-5-9(14(17)18)10(6-8)13-15-11(19-2)7-12(16-13)20-3/h4-7H,1-3H3,(H,17,18). The summed E-state index contributed by atoms with van der Waals surface area (Å²) in [5, 5.41) is 9.25. The molecule has 0 saturated carbocycles. The highest BCUT2D eigenvalue weighted by Crippen LogP contribution is 2.26. The summed E-state index contributed by atoms with van der Waals surface area (Å²) >= 11 is 0. The summed E-state index contributed by atoms with van der Waals surface area (Å²) in [5.41, 5.74) is 1.47. The van der Waals surface area contributed by atoms with Crippen LogP contribution in [0.25, 0.3) is 11.4 Å². The van der Waals surface area contributed by atoms with Gasteiger partial charge in [0.05, 0.1) is 25.8 Å². The molecular weight excluding hydrogens is 260 g/mol. The Bertz CT molecular complexity index is 633. The molecule has 6 heteroatoms. The Labute approximate surface area is 116 Å². The summed E-state index contributed by atoms with van der Waals surface area (Å²) in [7, 11) is 2.94. The number of aryl methyl sites for hydroxylation is 1. The number of aromatic nitrogens is 2. The lowest BCUT2D eigenvalue weighted by Crippen LogP contribution is -2.03. The highest BCUT2D eigenvalue weighted by atomic mass is 16.5. The van der Waals surface area contributed by atoms with E-state index in [-0.39, 0.29) is 11.4 Å². The number of nitrogens with zero attached hydrogens (tertiary/aromatic N) is 2. The van der Waals surface area contributed by atoms with Crippen LogP contribution in [0.4, 0.5) is 0 Å². The average molecular weight is 274 g/mol. The van der Waals surface area contributed by atoms with Crippen molar-refractivity contribution >= 4 is 5.97 Å². The van der Waals surface area contributed by atoms with Gasteiger partial charge in [0, 0.05) is 5.56 Å². The Morgan fingerprint density at radius 3 is 2.20 bits per heavy atom. The van der Waals surface area contributed by atoms with Crippen molar-refractivity contribution in [3.8, 4) is 23.1 Å². The van der Waals surface area contributed by atoms with Gasteiger partial charge in [-0.1, -0.05) is 11.6 Å². The number of ether oxygens (including phenoxy) is 2. The maximum atomic E-state index is 11.3. The molecule has 6 nitrogen and oxygen atoms in total. The molecule has 1 N–H and O–H groups in total. The molecule has 0 amide bonds. The Morgan fingerprint density at radius 2 is 1.70 bits per heavy atom. The molecule has 0 spiro atoms. The second-order valence-electron chi connectivity index (χ2n) is 4.13. The van der Waals surface area contributed by atoms with Crippen LogP contribution >= 0.6 is 0 Å². The molecule has 1 aromatic heterocycles. The zero-order chi connectivity index (χ0) is 14.7. The predicted molar refractivity (Wildman–Crippen MR) is 72.3 cm³/mol. The van der Waals surface area contributed by atoms with E-state index >= 15 is 0 Å².